The zero-order valence-corrected chi connectivity index (χ0v) is 10.6. The number of rotatable bonds is 3. The molecule has 3 aromatic heterocycles. The lowest BCUT2D eigenvalue weighted by molar-refractivity contribution is 0.916. The van der Waals surface area contributed by atoms with E-state index in [9.17, 15) is 0 Å². The van der Waals surface area contributed by atoms with Crippen LogP contribution in [-0.4, -0.2) is 25.4 Å². The third kappa shape index (κ3) is 2.27. The van der Waals surface area contributed by atoms with Gasteiger partial charge in [0.15, 0.2) is 5.65 Å². The van der Waals surface area contributed by atoms with Gasteiger partial charge in [-0.2, -0.15) is 0 Å². The molecule has 0 aromatic carbocycles. The highest BCUT2D eigenvalue weighted by atomic mass is 32.2. The molecule has 7 heteroatoms. The summed E-state index contributed by atoms with van der Waals surface area (Å²) < 4.78 is 1.88. The largest absolute Gasteiger partial charge is 0.382 e. The van der Waals surface area contributed by atoms with Gasteiger partial charge in [0.25, 0.3) is 0 Å². The number of nitrogens with two attached hydrogens (primary N) is 1. The first-order valence-corrected chi connectivity index (χ1v) is 6.35. The van der Waals surface area contributed by atoms with E-state index in [1.165, 1.54) is 11.8 Å². The molecule has 19 heavy (non-hydrogen) atoms. The maximum atomic E-state index is 7.39. The molecule has 0 aliphatic carbocycles. The van der Waals surface area contributed by atoms with Crippen molar-refractivity contribution in [2.45, 2.75) is 10.2 Å². The summed E-state index contributed by atoms with van der Waals surface area (Å²) in [5.74, 6) is -0.0476. The highest BCUT2D eigenvalue weighted by molar-refractivity contribution is 7.99. The van der Waals surface area contributed by atoms with Gasteiger partial charge in [-0.05, 0) is 36.0 Å². The second-order valence-electron chi connectivity index (χ2n) is 3.79. The number of nitrogens with zero attached hydrogens (tertiary/aromatic N) is 4. The fourth-order valence-corrected chi connectivity index (χ4v) is 2.42. The molecular weight excluding hydrogens is 260 g/mol. The van der Waals surface area contributed by atoms with Crippen LogP contribution in [0.2, 0.25) is 0 Å². The Hall–Kier alpha value is -2.41. The topological polar surface area (TPSA) is 93.0 Å². The molecule has 0 saturated carbocycles. The molecule has 0 fully saturated rings. The van der Waals surface area contributed by atoms with Crippen LogP contribution in [0.4, 0.5) is 0 Å². The van der Waals surface area contributed by atoms with Crippen LogP contribution in [-0.2, 0) is 0 Å². The van der Waals surface area contributed by atoms with E-state index in [0.29, 0.717) is 5.69 Å². The van der Waals surface area contributed by atoms with Gasteiger partial charge in [-0.25, -0.2) is 4.98 Å². The van der Waals surface area contributed by atoms with Gasteiger partial charge in [-0.3, -0.25) is 9.81 Å². The van der Waals surface area contributed by atoms with E-state index in [0.717, 1.165) is 15.8 Å². The van der Waals surface area contributed by atoms with Gasteiger partial charge in [0.05, 0.1) is 0 Å². The van der Waals surface area contributed by atoms with Crippen molar-refractivity contribution in [2.24, 2.45) is 5.73 Å². The molecule has 6 nitrogen and oxygen atoms in total. The minimum Gasteiger partial charge on any atom is -0.382 e. The van der Waals surface area contributed by atoms with Crippen molar-refractivity contribution in [1.82, 2.24) is 19.6 Å². The van der Waals surface area contributed by atoms with Crippen molar-refractivity contribution in [1.29, 1.82) is 5.41 Å². The van der Waals surface area contributed by atoms with Gasteiger partial charge >= 0.3 is 0 Å². The average Bonchev–Trinajstić information content (AvgIpc) is 2.83. The van der Waals surface area contributed by atoms with Crippen LogP contribution in [0.15, 0.2) is 52.8 Å². The Morgan fingerprint density at radius 3 is 2.89 bits per heavy atom. The van der Waals surface area contributed by atoms with E-state index >= 15 is 0 Å². The Bertz CT molecular complexity index is 751. The zero-order chi connectivity index (χ0) is 13.2. The maximum Gasteiger partial charge on any atom is 0.201 e. The quantitative estimate of drug-likeness (QED) is 0.556. The molecule has 3 aromatic rings. The van der Waals surface area contributed by atoms with Gasteiger partial charge in [-0.15, -0.1) is 10.2 Å². The van der Waals surface area contributed by atoms with Crippen molar-refractivity contribution in [2.75, 3.05) is 0 Å². The minimum atomic E-state index is -0.0476. The molecule has 0 aliphatic rings. The predicted octanol–water partition coefficient (Wildman–Crippen LogP) is 1.56. The molecule has 94 valence electrons. The van der Waals surface area contributed by atoms with Crippen LogP contribution in [0.1, 0.15) is 5.69 Å². The maximum absolute atomic E-state index is 7.39. The standard InChI is InChI=1S/C12H10N6S/c13-11(14)8-4-3-6-10(15-8)19-12-17-16-9-5-1-2-7-18(9)12/h1-7H,(H3,13,14). The van der Waals surface area contributed by atoms with E-state index in [1.54, 1.807) is 6.07 Å². The molecule has 0 spiro atoms. The summed E-state index contributed by atoms with van der Waals surface area (Å²) in [4.78, 5) is 4.29. The van der Waals surface area contributed by atoms with E-state index in [4.69, 9.17) is 11.1 Å². The number of fused-ring (bicyclic) bond motifs is 1. The molecule has 3 N–H and O–H groups in total. The third-order valence-corrected chi connectivity index (χ3v) is 3.38. The number of hydrogen-bond donors (Lipinski definition) is 2. The summed E-state index contributed by atoms with van der Waals surface area (Å²) in [6.07, 6.45) is 1.90. The predicted molar refractivity (Wildman–Crippen MR) is 72.4 cm³/mol. The fourth-order valence-electron chi connectivity index (χ4n) is 1.60. The highest BCUT2D eigenvalue weighted by Gasteiger charge is 2.08. The number of pyridine rings is 2. The van der Waals surface area contributed by atoms with Crippen LogP contribution in [0.5, 0.6) is 0 Å². The molecule has 3 heterocycles. The lowest BCUT2D eigenvalue weighted by atomic mass is 10.3. The Balaban J connectivity index is 1.97. The number of nitrogens with one attached hydrogen (secondary N) is 1. The number of hydrogen-bond acceptors (Lipinski definition) is 5. The lowest BCUT2D eigenvalue weighted by Gasteiger charge is -2.01. The monoisotopic (exact) mass is 270 g/mol. The van der Waals surface area contributed by atoms with E-state index in [1.807, 2.05) is 40.9 Å². The number of aromatic nitrogens is 4. The molecule has 0 bridgehead atoms. The van der Waals surface area contributed by atoms with Crippen molar-refractivity contribution in [3.8, 4) is 0 Å². The summed E-state index contributed by atoms with van der Waals surface area (Å²) in [5, 5.41) is 17.0. The highest BCUT2D eigenvalue weighted by Crippen LogP contribution is 2.24. The van der Waals surface area contributed by atoms with Gasteiger partial charge in [0.2, 0.25) is 5.16 Å². The van der Waals surface area contributed by atoms with Crippen molar-refractivity contribution in [3.05, 3.63) is 48.3 Å². The molecule has 0 radical (unpaired) electrons. The molecule has 0 aliphatic heterocycles. The van der Waals surface area contributed by atoms with E-state index in [-0.39, 0.29) is 5.84 Å². The summed E-state index contributed by atoms with van der Waals surface area (Å²) >= 11 is 1.38. The van der Waals surface area contributed by atoms with E-state index < -0.39 is 0 Å². The van der Waals surface area contributed by atoms with Crippen molar-refractivity contribution < 1.29 is 0 Å². The van der Waals surface area contributed by atoms with Crippen molar-refractivity contribution in [3.63, 3.8) is 0 Å². The summed E-state index contributed by atoms with van der Waals surface area (Å²) in [7, 11) is 0. The second kappa shape index (κ2) is 4.69. The zero-order valence-electron chi connectivity index (χ0n) is 9.82. The Morgan fingerprint density at radius 1 is 1.16 bits per heavy atom. The molecule has 0 amide bonds. The molecular formula is C12H10N6S. The Labute approximate surface area is 113 Å². The molecule has 0 saturated heterocycles. The first-order valence-electron chi connectivity index (χ1n) is 5.53. The lowest BCUT2D eigenvalue weighted by Crippen LogP contribution is -2.13. The number of nitrogen functional groups attached to an aromatic ring is 1. The average molecular weight is 270 g/mol. The van der Waals surface area contributed by atoms with Gasteiger partial charge in [0, 0.05) is 6.20 Å². The van der Waals surface area contributed by atoms with Gasteiger partial charge < -0.3 is 5.73 Å². The van der Waals surface area contributed by atoms with Gasteiger partial charge in [-0.1, -0.05) is 12.1 Å². The SMILES string of the molecule is N=C(N)c1cccc(Sc2nnc3ccccn23)n1. The van der Waals surface area contributed by atoms with Crippen LogP contribution in [0.3, 0.4) is 0 Å². The second-order valence-corrected chi connectivity index (χ2v) is 4.78. The van der Waals surface area contributed by atoms with E-state index in [2.05, 4.69) is 15.2 Å². The van der Waals surface area contributed by atoms with Crippen LogP contribution in [0.25, 0.3) is 5.65 Å². The van der Waals surface area contributed by atoms with Gasteiger partial charge in [0.1, 0.15) is 16.6 Å². The third-order valence-electron chi connectivity index (χ3n) is 2.48. The Morgan fingerprint density at radius 2 is 2.05 bits per heavy atom. The van der Waals surface area contributed by atoms with Crippen LogP contribution in [0, 0.1) is 5.41 Å². The normalized spacial score (nSPS) is 10.7. The first kappa shape index (κ1) is 11.7. The smallest absolute Gasteiger partial charge is 0.201 e. The molecule has 3 rings (SSSR count). The van der Waals surface area contributed by atoms with Crippen LogP contribution < -0.4 is 5.73 Å². The summed E-state index contributed by atoms with van der Waals surface area (Å²) in [6, 6.07) is 11.1. The van der Waals surface area contributed by atoms with Crippen molar-refractivity contribution >= 4 is 23.2 Å². The summed E-state index contributed by atoms with van der Waals surface area (Å²) in [5.41, 5.74) is 6.67. The number of amidine groups is 1. The fraction of sp³-hybridized carbons (Fsp3) is 0. The minimum absolute atomic E-state index is 0.0476. The first-order chi connectivity index (χ1) is 9.24. The summed E-state index contributed by atoms with van der Waals surface area (Å²) in [6.45, 7) is 0. The Kier molecular flexibility index (Phi) is 2.88. The molecule has 0 atom stereocenters. The molecule has 0 unspecified atom stereocenters. The van der Waals surface area contributed by atoms with Crippen LogP contribution >= 0.6 is 11.8 Å².